The number of carbonyl (C=O) groups is 1. The van der Waals surface area contributed by atoms with E-state index in [0.29, 0.717) is 6.04 Å². The Morgan fingerprint density at radius 3 is 2.53 bits per heavy atom. The molecule has 1 heterocycles. The van der Waals surface area contributed by atoms with Crippen molar-refractivity contribution in [3.05, 3.63) is 0 Å². The molecule has 15 heavy (non-hydrogen) atoms. The van der Waals surface area contributed by atoms with E-state index in [1.807, 2.05) is 25.7 Å². The molecular formula is C12H21NO2. The Labute approximate surface area is 91.8 Å². The molecule has 3 atom stereocenters. The van der Waals surface area contributed by atoms with E-state index in [1.54, 1.807) is 0 Å². The predicted molar refractivity (Wildman–Crippen MR) is 58.6 cm³/mol. The van der Waals surface area contributed by atoms with Crippen molar-refractivity contribution in [3.8, 4) is 0 Å². The van der Waals surface area contributed by atoms with E-state index in [0.717, 1.165) is 24.8 Å². The van der Waals surface area contributed by atoms with Crippen LogP contribution in [-0.2, 0) is 4.74 Å². The lowest BCUT2D eigenvalue weighted by molar-refractivity contribution is -0.0209. The van der Waals surface area contributed by atoms with Crippen molar-refractivity contribution in [2.45, 2.75) is 52.2 Å². The van der Waals surface area contributed by atoms with Gasteiger partial charge in [0.1, 0.15) is 5.60 Å². The van der Waals surface area contributed by atoms with Crippen LogP contribution in [0.5, 0.6) is 0 Å². The molecule has 86 valence electrons. The first-order valence-corrected chi connectivity index (χ1v) is 5.86. The zero-order valence-corrected chi connectivity index (χ0v) is 10.1. The van der Waals surface area contributed by atoms with Gasteiger partial charge in [-0.3, -0.25) is 0 Å². The van der Waals surface area contributed by atoms with Crippen LogP contribution in [0.25, 0.3) is 0 Å². The molecule has 0 bridgehead atoms. The lowest BCUT2D eigenvalue weighted by Crippen LogP contribution is -2.57. The molecule has 2 rings (SSSR count). The minimum absolute atomic E-state index is 0.127. The Morgan fingerprint density at radius 1 is 1.33 bits per heavy atom. The number of hydrogen-bond acceptors (Lipinski definition) is 2. The second-order valence-corrected chi connectivity index (χ2v) is 6.04. The van der Waals surface area contributed by atoms with Crippen LogP contribution in [-0.4, -0.2) is 29.2 Å². The van der Waals surface area contributed by atoms with Gasteiger partial charge in [-0.25, -0.2) is 4.79 Å². The fourth-order valence-electron chi connectivity index (χ4n) is 2.73. The van der Waals surface area contributed by atoms with Crippen molar-refractivity contribution in [3.63, 3.8) is 0 Å². The van der Waals surface area contributed by atoms with Crippen LogP contribution in [0, 0.1) is 11.8 Å². The fraction of sp³-hybridized carbons (Fsp3) is 0.917. The van der Waals surface area contributed by atoms with Crippen LogP contribution >= 0.6 is 0 Å². The van der Waals surface area contributed by atoms with Crippen molar-refractivity contribution in [2.24, 2.45) is 11.8 Å². The van der Waals surface area contributed by atoms with Gasteiger partial charge in [-0.15, -0.1) is 0 Å². The zero-order valence-electron chi connectivity index (χ0n) is 10.1. The molecule has 0 aromatic heterocycles. The van der Waals surface area contributed by atoms with Gasteiger partial charge in [0.25, 0.3) is 0 Å². The van der Waals surface area contributed by atoms with E-state index < -0.39 is 0 Å². The van der Waals surface area contributed by atoms with E-state index in [9.17, 15) is 4.79 Å². The number of carbonyl (C=O) groups excluding carboxylic acids is 1. The zero-order chi connectivity index (χ0) is 11.2. The van der Waals surface area contributed by atoms with Gasteiger partial charge in [0.2, 0.25) is 0 Å². The summed E-state index contributed by atoms with van der Waals surface area (Å²) in [7, 11) is 0. The van der Waals surface area contributed by atoms with E-state index in [4.69, 9.17) is 4.74 Å². The van der Waals surface area contributed by atoms with Crippen molar-refractivity contribution >= 4 is 6.09 Å². The smallest absolute Gasteiger partial charge is 0.410 e. The maximum atomic E-state index is 11.8. The molecular weight excluding hydrogens is 190 g/mol. The van der Waals surface area contributed by atoms with Crippen molar-refractivity contribution in [2.75, 3.05) is 6.54 Å². The third kappa shape index (κ3) is 2.11. The highest BCUT2D eigenvalue weighted by molar-refractivity contribution is 5.70. The highest BCUT2D eigenvalue weighted by atomic mass is 16.6. The summed E-state index contributed by atoms with van der Waals surface area (Å²) in [5.74, 6) is 1.51. The summed E-state index contributed by atoms with van der Waals surface area (Å²) in [4.78, 5) is 13.7. The Balaban J connectivity index is 1.89. The van der Waals surface area contributed by atoms with Gasteiger partial charge >= 0.3 is 6.09 Å². The largest absolute Gasteiger partial charge is 0.444 e. The average molecular weight is 211 g/mol. The molecule has 0 aromatic rings. The van der Waals surface area contributed by atoms with Crippen molar-refractivity contribution in [1.29, 1.82) is 0 Å². The summed E-state index contributed by atoms with van der Waals surface area (Å²) in [6.45, 7) is 8.92. The fourth-order valence-corrected chi connectivity index (χ4v) is 2.73. The molecule has 0 radical (unpaired) electrons. The molecule has 1 aliphatic heterocycles. The summed E-state index contributed by atoms with van der Waals surface area (Å²) in [5.41, 5.74) is -0.369. The van der Waals surface area contributed by atoms with E-state index in [2.05, 4.69) is 6.92 Å². The van der Waals surface area contributed by atoms with Crippen LogP contribution < -0.4 is 0 Å². The number of nitrogens with zero attached hydrogens (tertiary/aromatic N) is 1. The second-order valence-electron chi connectivity index (χ2n) is 6.04. The normalized spacial score (nSPS) is 34.7. The molecule has 0 N–H and O–H groups in total. The predicted octanol–water partition coefficient (Wildman–Crippen LogP) is 2.65. The first-order valence-electron chi connectivity index (χ1n) is 5.86. The highest BCUT2D eigenvalue weighted by Gasteiger charge is 2.48. The number of amides is 1. The van der Waals surface area contributed by atoms with E-state index >= 15 is 0 Å². The summed E-state index contributed by atoms with van der Waals surface area (Å²) in [6.07, 6.45) is 2.31. The number of hydrogen-bond donors (Lipinski definition) is 0. The van der Waals surface area contributed by atoms with Crippen LogP contribution in [0.2, 0.25) is 0 Å². The number of rotatable bonds is 0. The maximum Gasteiger partial charge on any atom is 0.410 e. The molecule has 3 heteroatoms. The van der Waals surface area contributed by atoms with Crippen LogP contribution in [0.1, 0.15) is 40.5 Å². The quantitative estimate of drug-likeness (QED) is 0.616. The third-order valence-electron chi connectivity index (χ3n) is 3.35. The molecule has 1 aliphatic carbocycles. The minimum atomic E-state index is -0.369. The number of fused-ring (bicyclic) bond motifs is 1. The molecule has 0 aromatic carbocycles. The Bertz CT molecular complexity index is 269. The van der Waals surface area contributed by atoms with Crippen molar-refractivity contribution < 1.29 is 9.53 Å². The van der Waals surface area contributed by atoms with Gasteiger partial charge in [-0.2, -0.15) is 0 Å². The molecule has 0 spiro atoms. The number of ether oxygens (including phenoxy) is 1. The van der Waals surface area contributed by atoms with Gasteiger partial charge in [0.15, 0.2) is 0 Å². The average Bonchev–Trinajstić information content (AvgIpc) is 2.28. The summed E-state index contributed by atoms with van der Waals surface area (Å²) < 4.78 is 5.37. The lowest BCUT2D eigenvalue weighted by atomic mass is 9.93. The molecule has 3 nitrogen and oxygen atoms in total. The van der Waals surface area contributed by atoms with Crippen LogP contribution in [0.15, 0.2) is 0 Å². The second kappa shape index (κ2) is 3.39. The third-order valence-corrected chi connectivity index (χ3v) is 3.35. The van der Waals surface area contributed by atoms with Crippen LogP contribution in [0.4, 0.5) is 4.79 Å². The van der Waals surface area contributed by atoms with E-state index in [1.165, 1.54) is 6.42 Å². The van der Waals surface area contributed by atoms with Gasteiger partial charge in [-0.1, -0.05) is 6.92 Å². The summed E-state index contributed by atoms with van der Waals surface area (Å²) >= 11 is 0. The highest BCUT2D eigenvalue weighted by Crippen LogP contribution is 2.42. The molecule has 2 fully saturated rings. The van der Waals surface area contributed by atoms with E-state index in [-0.39, 0.29) is 11.7 Å². The Kier molecular flexibility index (Phi) is 2.44. The Hall–Kier alpha value is -0.730. The molecule has 1 amide bonds. The molecule has 1 saturated carbocycles. The lowest BCUT2D eigenvalue weighted by Gasteiger charge is -2.44. The van der Waals surface area contributed by atoms with Crippen LogP contribution in [0.3, 0.4) is 0 Å². The molecule has 2 aliphatic rings. The minimum Gasteiger partial charge on any atom is -0.444 e. The standard InChI is InChI=1S/C12H21NO2/c1-8-5-9-7-13(10(9)6-8)11(14)15-12(2,3)4/h8-10H,5-7H2,1-4H3. The van der Waals surface area contributed by atoms with Gasteiger partial charge in [0.05, 0.1) is 0 Å². The Morgan fingerprint density at radius 2 is 2.00 bits per heavy atom. The monoisotopic (exact) mass is 211 g/mol. The van der Waals surface area contributed by atoms with Gasteiger partial charge < -0.3 is 9.64 Å². The van der Waals surface area contributed by atoms with Gasteiger partial charge in [0, 0.05) is 12.6 Å². The first kappa shape index (κ1) is 10.8. The number of likely N-dealkylation sites (tertiary alicyclic amines) is 1. The molecule has 3 unspecified atom stereocenters. The molecule has 1 saturated heterocycles. The summed E-state index contributed by atoms with van der Waals surface area (Å²) in [6, 6.07) is 0.467. The summed E-state index contributed by atoms with van der Waals surface area (Å²) in [5, 5.41) is 0. The maximum absolute atomic E-state index is 11.8. The topological polar surface area (TPSA) is 29.5 Å². The SMILES string of the molecule is CC1CC2CN(C(=O)OC(C)(C)C)C2C1. The first-order chi connectivity index (χ1) is 6.87. The van der Waals surface area contributed by atoms with Crippen molar-refractivity contribution in [1.82, 2.24) is 4.90 Å². The van der Waals surface area contributed by atoms with Gasteiger partial charge in [-0.05, 0) is 45.4 Å².